The Hall–Kier alpha value is -0.296. The Morgan fingerprint density at radius 2 is 0.962 bits per heavy atom. The maximum absolute atomic E-state index is 11.9. The van der Waals surface area contributed by atoms with Crippen LogP contribution in [-0.4, -0.2) is 16.0 Å². The van der Waals surface area contributed by atoms with Crippen molar-refractivity contribution in [2.24, 2.45) is 11.8 Å². The molecule has 5 nitrogen and oxygen atoms in total. The Morgan fingerprint density at radius 1 is 0.635 bits per heavy atom. The zero-order valence-corrected chi connectivity index (χ0v) is 43.6. The van der Waals surface area contributed by atoms with E-state index in [1.165, 1.54) is 4.43 Å². The van der Waals surface area contributed by atoms with Crippen molar-refractivity contribution < 1.29 is 14.5 Å². The predicted octanol–water partition coefficient (Wildman–Crippen LogP) is 13.8. The average Bonchev–Trinajstić information content (AvgIpc) is 4.03. The van der Waals surface area contributed by atoms with Crippen LogP contribution in [0.3, 0.4) is 0 Å². The summed E-state index contributed by atoms with van der Waals surface area (Å²) >= 11 is 9.68. The zero-order valence-electron chi connectivity index (χ0n) is 31.2. The molecule has 0 heterocycles. The minimum atomic E-state index is -0.528. The van der Waals surface area contributed by atoms with Gasteiger partial charge in [-0.3, -0.25) is 9.59 Å². The summed E-state index contributed by atoms with van der Waals surface area (Å²) in [5, 5.41) is 26.9. The number of nitriles is 3. The molecule has 0 aliphatic heterocycles. The molecule has 5 rings (SSSR count). The minimum absolute atomic E-state index is 0. The van der Waals surface area contributed by atoms with Gasteiger partial charge in [0.1, 0.15) is 0 Å². The van der Waals surface area contributed by atoms with Crippen LogP contribution in [0.2, 0.25) is 0 Å². The third kappa shape index (κ3) is 20.0. The van der Waals surface area contributed by atoms with Gasteiger partial charge in [0.05, 0.1) is 34.5 Å². The summed E-state index contributed by atoms with van der Waals surface area (Å²) < 4.78 is 1.22. The van der Waals surface area contributed by atoms with Crippen molar-refractivity contribution in [2.45, 2.75) is 90.4 Å². The number of Topliss-reactive ketones (excluding diaryl/α,β-unsaturated/α-hetero) is 2. The number of ketones is 2. The molecule has 2 saturated carbocycles. The molecule has 0 bridgehead atoms. The van der Waals surface area contributed by atoms with Gasteiger partial charge in [-0.05, 0) is 94.4 Å². The van der Waals surface area contributed by atoms with Crippen LogP contribution < -0.4 is 0 Å². The molecule has 2 aliphatic carbocycles. The second-order valence-corrected chi connectivity index (χ2v) is 50.4. The van der Waals surface area contributed by atoms with Crippen LogP contribution in [0.15, 0.2) is 78.9 Å². The van der Waals surface area contributed by atoms with Crippen LogP contribution in [0.5, 0.6) is 0 Å². The summed E-state index contributed by atoms with van der Waals surface area (Å²) in [7, 11) is 0. The van der Waals surface area contributed by atoms with E-state index in [9.17, 15) is 9.59 Å². The molecule has 282 valence electrons. The van der Waals surface area contributed by atoms with E-state index in [2.05, 4.69) is 108 Å². The zero-order chi connectivity index (χ0) is 38.1. The Labute approximate surface area is 382 Å². The predicted molar refractivity (Wildman–Crippen MR) is 258 cm³/mol. The fraction of sp³-hybridized carbons (Fsp3) is 0.415. The number of hydrogen-bond donors (Lipinski definition) is 0. The standard InChI is InChI=1S/2C14H15NO.C10H11N.C2H5I.CH3.4HI.V/c1-14(2,9-15)12-7-5-11(6-8-12)13(16)10-3-4-10;1-14(2,9-15)12-5-3-4-11(8-12)13(16)10-6-7-10;1-10(2,8-11)9-6-4-3-5-7-9;1-2-3;;;;;;/h5-8,10H,3-4H2,1-2H3;3-5,8,10H,6-7H2,1-2H3;3-7H,1-2H3;2H2,1H3;1H3;4*1H;/q;;;;-1;;;;;+3/p-3. The molecule has 0 unspecified atom stereocenters. The van der Waals surface area contributed by atoms with Gasteiger partial charge in [0.2, 0.25) is 0 Å². The SMILES string of the molecule is CC(C)(C#N)c1ccc(C(=O)C2CC2)cc1.CC(C)(C#N)c1cccc(C(=O)C2CC2)c1.CC(C)(C#N)c1ccccc1.CCI.I.[CH3-].[I][V]([I])[I]. The third-order valence-electron chi connectivity index (χ3n) is 7.99. The number of alkyl halides is 1. The van der Waals surface area contributed by atoms with Crippen molar-refractivity contribution in [3.05, 3.63) is 114 Å². The van der Waals surface area contributed by atoms with Gasteiger partial charge in [0, 0.05) is 23.0 Å². The molecule has 0 saturated heterocycles. The Bertz CT molecular complexity index is 1650. The van der Waals surface area contributed by atoms with Crippen molar-refractivity contribution in [3.63, 3.8) is 0 Å². The van der Waals surface area contributed by atoms with Crippen LogP contribution in [0.25, 0.3) is 0 Å². The van der Waals surface area contributed by atoms with E-state index in [0.29, 0.717) is 0 Å². The molecular formula is C41H50I5N3O2V-. The van der Waals surface area contributed by atoms with Gasteiger partial charge >= 0.3 is 64.9 Å². The van der Waals surface area contributed by atoms with E-state index >= 15 is 0 Å². The summed E-state index contributed by atoms with van der Waals surface area (Å²) in [6.07, 6.45) is 4.10. The Kier molecular flexibility index (Phi) is 27.5. The topological polar surface area (TPSA) is 106 Å². The molecule has 0 atom stereocenters. The molecule has 0 aromatic heterocycles. The molecule has 2 fully saturated rings. The van der Waals surface area contributed by atoms with Crippen molar-refractivity contribution in [1.29, 1.82) is 15.8 Å². The van der Waals surface area contributed by atoms with Gasteiger partial charge in [-0.25, -0.2) is 0 Å². The molecule has 0 amide bonds. The first-order chi connectivity index (χ1) is 23.4. The fourth-order valence-corrected chi connectivity index (χ4v) is 4.32. The van der Waals surface area contributed by atoms with Gasteiger partial charge < -0.3 is 7.43 Å². The monoisotopic (exact) mass is 1300 g/mol. The van der Waals surface area contributed by atoms with Gasteiger partial charge in [0.25, 0.3) is 0 Å². The van der Waals surface area contributed by atoms with Crippen molar-refractivity contribution >= 4 is 118 Å². The Morgan fingerprint density at radius 3 is 1.33 bits per heavy atom. The number of carbonyl (C=O) groups is 2. The average molecular weight is 1300 g/mol. The van der Waals surface area contributed by atoms with E-state index in [1.54, 1.807) is 0 Å². The molecule has 3 aromatic rings. The van der Waals surface area contributed by atoms with Crippen molar-refractivity contribution in [2.75, 3.05) is 4.43 Å². The summed E-state index contributed by atoms with van der Waals surface area (Å²) in [5.41, 5.74) is 3.11. The van der Waals surface area contributed by atoms with Crippen molar-refractivity contribution in [1.82, 2.24) is 0 Å². The van der Waals surface area contributed by atoms with E-state index in [4.69, 9.17) is 15.8 Å². The number of halogens is 5. The molecule has 0 radical (unpaired) electrons. The van der Waals surface area contributed by atoms with E-state index in [0.717, 1.165) is 53.5 Å². The van der Waals surface area contributed by atoms with Crippen LogP contribution >= 0.6 is 107 Å². The van der Waals surface area contributed by atoms with Gasteiger partial charge in [-0.1, -0.05) is 102 Å². The second kappa shape index (κ2) is 26.5. The molecule has 2 aliphatic rings. The van der Waals surface area contributed by atoms with E-state index in [1.807, 2.05) is 120 Å². The number of rotatable bonds is 7. The third-order valence-corrected chi connectivity index (χ3v) is 7.99. The number of benzene rings is 3. The Balaban J connectivity index is 0. The van der Waals surface area contributed by atoms with Crippen LogP contribution in [0.4, 0.5) is 0 Å². The molecule has 3 aromatic carbocycles. The second-order valence-electron chi connectivity index (χ2n) is 13.5. The summed E-state index contributed by atoms with van der Waals surface area (Å²) in [6.45, 7) is 13.4. The van der Waals surface area contributed by atoms with Crippen LogP contribution in [0, 0.1) is 53.3 Å². The summed E-state index contributed by atoms with van der Waals surface area (Å²) in [4.78, 5) is 23.4. The molecular weight excluding hydrogens is 1250 g/mol. The first-order valence-electron chi connectivity index (χ1n) is 16.3. The summed E-state index contributed by atoms with van der Waals surface area (Å²) in [6, 6.07) is 31.5. The van der Waals surface area contributed by atoms with E-state index < -0.39 is 10.8 Å². The van der Waals surface area contributed by atoms with Gasteiger partial charge in [0.15, 0.2) is 11.6 Å². The maximum atomic E-state index is 11.9. The van der Waals surface area contributed by atoms with Gasteiger partial charge in [-0.2, -0.15) is 15.8 Å². The van der Waals surface area contributed by atoms with Crippen molar-refractivity contribution in [3.8, 4) is 18.2 Å². The summed E-state index contributed by atoms with van der Waals surface area (Å²) in [5.74, 6) is 0.979. The normalized spacial score (nSPS) is 12.9. The van der Waals surface area contributed by atoms with Crippen LogP contribution in [0.1, 0.15) is 112 Å². The fourth-order valence-electron chi connectivity index (χ4n) is 4.32. The first kappa shape index (κ1) is 53.8. The number of carbonyl (C=O) groups excluding carboxylic acids is 2. The number of nitrogens with zero attached hydrogens (tertiary/aromatic N) is 3. The molecule has 52 heavy (non-hydrogen) atoms. The molecule has 0 N–H and O–H groups in total. The molecule has 11 heteroatoms. The molecule has 0 spiro atoms. The number of hydrogen-bond acceptors (Lipinski definition) is 5. The van der Waals surface area contributed by atoms with Gasteiger partial charge in [-0.15, -0.1) is 24.0 Å². The van der Waals surface area contributed by atoms with Crippen LogP contribution in [-0.2, 0) is 21.2 Å². The van der Waals surface area contributed by atoms with E-state index in [-0.39, 0.29) is 65.1 Å². The first-order valence-corrected chi connectivity index (χ1v) is 31.4. The quantitative estimate of drug-likeness (QED) is 0.101.